The van der Waals surface area contributed by atoms with Gasteiger partial charge >= 0.3 is 11.9 Å². The van der Waals surface area contributed by atoms with Crippen molar-refractivity contribution in [3.63, 3.8) is 0 Å². The molecule has 1 aliphatic rings. The number of aromatic nitrogens is 2. The molecule has 0 aliphatic carbocycles. The molecular weight excluding hydrogens is 395 g/mol. The number of hydrogen-bond acceptors (Lipinski definition) is 3. The second-order valence-corrected chi connectivity index (χ2v) is 7.97. The maximum Gasteiger partial charge on any atom is 0.416 e. The van der Waals surface area contributed by atoms with Crippen molar-refractivity contribution in [2.45, 2.75) is 57.1 Å². The Bertz CT molecular complexity index is 1090. The van der Waals surface area contributed by atoms with Crippen molar-refractivity contribution in [2.24, 2.45) is 0 Å². The highest BCUT2D eigenvalue weighted by molar-refractivity contribution is 5.79. The zero-order valence-corrected chi connectivity index (χ0v) is 16.5. The van der Waals surface area contributed by atoms with Crippen LogP contribution in [0.4, 0.5) is 13.2 Å². The minimum Gasteiger partial charge on any atom is -0.387 e. The van der Waals surface area contributed by atoms with Crippen molar-refractivity contribution in [3.8, 4) is 0 Å². The number of benzene rings is 2. The zero-order chi connectivity index (χ0) is 21.5. The van der Waals surface area contributed by atoms with Gasteiger partial charge in [-0.1, -0.05) is 24.3 Å². The van der Waals surface area contributed by atoms with Gasteiger partial charge in [0.15, 0.2) is 0 Å². The Labute approximate surface area is 171 Å². The number of aliphatic hydroxyl groups is 1. The van der Waals surface area contributed by atoms with Crippen LogP contribution in [-0.2, 0) is 19.1 Å². The fraction of sp³-hybridized carbons (Fsp3) is 0.409. The van der Waals surface area contributed by atoms with Crippen LogP contribution in [0.2, 0.25) is 0 Å². The number of nitrogens with one attached hydrogen (secondary N) is 2. The van der Waals surface area contributed by atoms with E-state index in [4.69, 9.17) is 0 Å². The molecule has 0 spiro atoms. The number of aliphatic hydroxyl groups excluding tert-OH is 1. The first kappa shape index (κ1) is 20.7. The number of alkyl halides is 3. The molecule has 5 nitrogen and oxygen atoms in total. The largest absolute Gasteiger partial charge is 0.416 e. The van der Waals surface area contributed by atoms with Crippen LogP contribution < -0.4 is 11.0 Å². The van der Waals surface area contributed by atoms with Crippen LogP contribution >= 0.6 is 0 Å². The molecule has 1 aliphatic heterocycles. The van der Waals surface area contributed by atoms with Crippen molar-refractivity contribution in [1.82, 2.24) is 14.9 Å². The highest BCUT2D eigenvalue weighted by Crippen LogP contribution is 2.31. The average Bonchev–Trinajstić information content (AvgIpc) is 2.96. The van der Waals surface area contributed by atoms with Crippen LogP contribution in [0, 0.1) is 0 Å². The van der Waals surface area contributed by atoms with Crippen LogP contribution in [0.5, 0.6) is 0 Å². The molecule has 160 valence electrons. The Morgan fingerprint density at radius 2 is 1.97 bits per heavy atom. The number of halogens is 3. The van der Waals surface area contributed by atoms with Gasteiger partial charge < -0.3 is 15.4 Å². The quantitative estimate of drug-likeness (QED) is 0.590. The fourth-order valence-electron chi connectivity index (χ4n) is 4.21. The van der Waals surface area contributed by atoms with E-state index in [0.717, 1.165) is 28.8 Å². The summed E-state index contributed by atoms with van der Waals surface area (Å²) in [6, 6.07) is 10.5. The topological polar surface area (TPSA) is 70.0 Å². The van der Waals surface area contributed by atoms with E-state index in [9.17, 15) is 23.1 Å². The predicted octanol–water partition coefficient (Wildman–Crippen LogP) is 3.77. The van der Waals surface area contributed by atoms with Crippen molar-refractivity contribution >= 4 is 11.0 Å². The van der Waals surface area contributed by atoms with Gasteiger partial charge in [-0.05, 0) is 49.9 Å². The summed E-state index contributed by atoms with van der Waals surface area (Å²) in [6.07, 6.45) is -3.15. The number of hydrogen-bond donors (Lipinski definition) is 3. The summed E-state index contributed by atoms with van der Waals surface area (Å²) in [5.74, 6) is 0. The Balaban J connectivity index is 1.41. The zero-order valence-electron chi connectivity index (χ0n) is 16.5. The first-order valence-corrected chi connectivity index (χ1v) is 10.1. The summed E-state index contributed by atoms with van der Waals surface area (Å²) >= 11 is 0. The third-order valence-electron chi connectivity index (χ3n) is 5.83. The third kappa shape index (κ3) is 4.02. The molecule has 3 aromatic rings. The Kier molecular flexibility index (Phi) is 5.46. The molecule has 30 heavy (non-hydrogen) atoms. The van der Waals surface area contributed by atoms with Crippen LogP contribution in [0.1, 0.15) is 42.6 Å². The number of para-hydroxylation sites is 1. The van der Waals surface area contributed by atoms with E-state index >= 15 is 0 Å². The molecule has 0 bridgehead atoms. The second kappa shape index (κ2) is 7.92. The van der Waals surface area contributed by atoms with Gasteiger partial charge in [-0.25, -0.2) is 4.79 Å². The molecule has 0 amide bonds. The predicted molar refractivity (Wildman–Crippen MR) is 108 cm³/mol. The molecule has 0 radical (unpaired) electrons. The third-order valence-corrected chi connectivity index (χ3v) is 5.83. The number of nitrogens with zero attached hydrogens (tertiary/aromatic N) is 1. The van der Waals surface area contributed by atoms with Gasteiger partial charge in [-0.3, -0.25) is 4.57 Å². The summed E-state index contributed by atoms with van der Waals surface area (Å²) in [5.41, 5.74) is 2.19. The summed E-state index contributed by atoms with van der Waals surface area (Å²) < 4.78 is 39.7. The molecule has 1 aromatic heterocycles. The summed E-state index contributed by atoms with van der Waals surface area (Å²) in [4.78, 5) is 15.0. The van der Waals surface area contributed by atoms with Crippen LogP contribution in [-0.4, -0.2) is 26.7 Å². The first-order valence-electron chi connectivity index (χ1n) is 10.1. The molecular formula is C22H24F3N3O2. The maximum absolute atomic E-state index is 12.7. The molecule has 2 heterocycles. The van der Waals surface area contributed by atoms with Gasteiger partial charge in [-0.15, -0.1) is 0 Å². The Morgan fingerprint density at radius 3 is 2.67 bits per heavy atom. The van der Waals surface area contributed by atoms with E-state index in [1.165, 1.54) is 12.1 Å². The lowest BCUT2D eigenvalue weighted by molar-refractivity contribution is -0.137. The minimum absolute atomic E-state index is 0.0434. The monoisotopic (exact) mass is 419 g/mol. The molecule has 4 rings (SSSR count). The number of rotatable bonds is 5. The lowest BCUT2D eigenvalue weighted by atomic mass is 9.98. The van der Waals surface area contributed by atoms with E-state index in [0.29, 0.717) is 31.3 Å². The molecule has 8 heteroatoms. The van der Waals surface area contributed by atoms with E-state index < -0.39 is 17.8 Å². The molecule has 0 saturated carbocycles. The van der Waals surface area contributed by atoms with Crippen LogP contribution in [0.25, 0.3) is 11.0 Å². The van der Waals surface area contributed by atoms with Gasteiger partial charge in [0.2, 0.25) is 0 Å². The molecule has 2 aromatic carbocycles. The SMILES string of the molecule is CC(CCc1ccc(C(F)(F)F)cc1)NC1CCn2c(=O)[nH]c3cccc(c32)C1O. The molecule has 3 N–H and O–H groups in total. The standard InChI is InChI=1S/C22H24F3N3O2/c1-13(5-6-14-7-9-15(10-8-14)22(23,24)25)26-18-11-12-28-19-16(20(18)29)3-2-4-17(19)27-21(28)30/h2-4,7-10,13,18,20,26,29H,5-6,11-12H2,1H3,(H,27,30). The summed E-state index contributed by atoms with van der Waals surface area (Å²) in [7, 11) is 0. The molecule has 0 saturated heterocycles. The van der Waals surface area contributed by atoms with E-state index in [2.05, 4.69) is 10.3 Å². The first-order chi connectivity index (χ1) is 14.2. The number of imidazole rings is 1. The lowest BCUT2D eigenvalue weighted by Crippen LogP contribution is -2.41. The minimum atomic E-state index is -4.33. The smallest absolute Gasteiger partial charge is 0.387 e. The highest BCUT2D eigenvalue weighted by atomic mass is 19.4. The summed E-state index contributed by atoms with van der Waals surface area (Å²) in [5, 5.41) is 14.4. The number of aromatic amines is 1. The lowest BCUT2D eigenvalue weighted by Gasteiger charge is -2.26. The van der Waals surface area contributed by atoms with Crippen molar-refractivity contribution in [2.75, 3.05) is 0 Å². The van der Waals surface area contributed by atoms with E-state index in [1.807, 2.05) is 25.1 Å². The molecule has 3 unspecified atom stereocenters. The molecule has 3 atom stereocenters. The van der Waals surface area contributed by atoms with E-state index in [1.54, 1.807) is 4.57 Å². The fourth-order valence-corrected chi connectivity index (χ4v) is 4.21. The van der Waals surface area contributed by atoms with Gasteiger partial charge in [0.1, 0.15) is 0 Å². The normalized spacial score (nSPS) is 20.3. The number of H-pyrrole nitrogens is 1. The average molecular weight is 419 g/mol. The van der Waals surface area contributed by atoms with Crippen molar-refractivity contribution in [3.05, 3.63) is 69.6 Å². The van der Waals surface area contributed by atoms with Gasteiger partial charge in [0, 0.05) is 24.2 Å². The Morgan fingerprint density at radius 1 is 1.23 bits per heavy atom. The van der Waals surface area contributed by atoms with Gasteiger partial charge in [0.05, 0.1) is 22.7 Å². The maximum atomic E-state index is 12.7. The Hall–Kier alpha value is -2.58. The van der Waals surface area contributed by atoms with Crippen LogP contribution in [0.3, 0.4) is 0 Å². The van der Waals surface area contributed by atoms with Crippen LogP contribution in [0.15, 0.2) is 47.3 Å². The van der Waals surface area contributed by atoms with Gasteiger partial charge in [0.25, 0.3) is 0 Å². The van der Waals surface area contributed by atoms with Crippen molar-refractivity contribution in [1.29, 1.82) is 0 Å². The van der Waals surface area contributed by atoms with Gasteiger partial charge in [-0.2, -0.15) is 13.2 Å². The number of aryl methyl sites for hydroxylation is 2. The van der Waals surface area contributed by atoms with E-state index in [-0.39, 0.29) is 17.8 Å². The summed E-state index contributed by atoms with van der Waals surface area (Å²) in [6.45, 7) is 2.49. The molecule has 0 fully saturated rings. The van der Waals surface area contributed by atoms with Crippen molar-refractivity contribution < 1.29 is 18.3 Å². The highest BCUT2D eigenvalue weighted by Gasteiger charge is 2.30. The second-order valence-electron chi connectivity index (χ2n) is 7.97.